The molecule has 2 amide bonds. The van der Waals surface area contributed by atoms with Gasteiger partial charge in [-0.1, -0.05) is 13.0 Å². The van der Waals surface area contributed by atoms with Crippen LogP contribution in [0.15, 0.2) is 24.3 Å². The van der Waals surface area contributed by atoms with E-state index in [4.69, 9.17) is 4.74 Å². The summed E-state index contributed by atoms with van der Waals surface area (Å²) in [5.41, 5.74) is 0. The van der Waals surface area contributed by atoms with Crippen molar-refractivity contribution in [1.29, 1.82) is 0 Å². The molecule has 1 aromatic rings. The van der Waals surface area contributed by atoms with Crippen LogP contribution in [0.3, 0.4) is 0 Å². The Balaban J connectivity index is 2.06. The average molecular weight is 294 g/mol. The molecule has 1 aliphatic heterocycles. The van der Waals surface area contributed by atoms with Crippen molar-refractivity contribution in [3.63, 3.8) is 0 Å². The minimum absolute atomic E-state index is 0.143. The second-order valence-corrected chi connectivity index (χ2v) is 4.96. The van der Waals surface area contributed by atoms with Crippen molar-refractivity contribution < 1.29 is 18.7 Å². The Morgan fingerprint density at radius 2 is 2.33 bits per heavy atom. The minimum Gasteiger partial charge on any atom is -0.481 e. The van der Waals surface area contributed by atoms with Crippen molar-refractivity contribution >= 4 is 11.8 Å². The summed E-state index contributed by atoms with van der Waals surface area (Å²) < 4.78 is 18.6. The van der Waals surface area contributed by atoms with Gasteiger partial charge in [0, 0.05) is 19.2 Å². The van der Waals surface area contributed by atoms with E-state index in [-0.39, 0.29) is 11.8 Å². The van der Waals surface area contributed by atoms with Crippen LogP contribution >= 0.6 is 0 Å². The molecule has 0 aliphatic carbocycles. The Morgan fingerprint density at radius 3 is 3.00 bits per heavy atom. The number of benzene rings is 1. The summed E-state index contributed by atoms with van der Waals surface area (Å²) >= 11 is 0. The molecule has 1 heterocycles. The molecule has 5 nitrogen and oxygen atoms in total. The average Bonchev–Trinajstić information content (AvgIpc) is 2.46. The van der Waals surface area contributed by atoms with E-state index in [0.29, 0.717) is 25.3 Å². The number of hydrogen-bond acceptors (Lipinski definition) is 3. The van der Waals surface area contributed by atoms with Gasteiger partial charge in [0.2, 0.25) is 5.91 Å². The molecule has 0 spiro atoms. The number of ether oxygens (including phenoxy) is 1. The summed E-state index contributed by atoms with van der Waals surface area (Å²) in [4.78, 5) is 25.7. The molecule has 1 aliphatic rings. The lowest BCUT2D eigenvalue weighted by Crippen LogP contribution is -2.59. The highest BCUT2D eigenvalue weighted by molar-refractivity contribution is 5.90. The van der Waals surface area contributed by atoms with Crippen molar-refractivity contribution in [1.82, 2.24) is 10.2 Å². The zero-order valence-corrected chi connectivity index (χ0v) is 12.1. The molecule has 0 radical (unpaired) electrons. The largest absolute Gasteiger partial charge is 0.481 e. The number of amides is 2. The second kappa shape index (κ2) is 6.56. The number of nitrogens with zero attached hydrogens (tertiary/aromatic N) is 1. The van der Waals surface area contributed by atoms with E-state index in [0.717, 1.165) is 0 Å². The van der Waals surface area contributed by atoms with E-state index in [2.05, 4.69) is 5.32 Å². The maximum Gasteiger partial charge on any atom is 0.264 e. The van der Waals surface area contributed by atoms with Crippen LogP contribution < -0.4 is 10.1 Å². The summed E-state index contributed by atoms with van der Waals surface area (Å²) in [6.45, 7) is 4.36. The molecule has 2 rings (SSSR count). The Morgan fingerprint density at radius 1 is 1.57 bits per heavy atom. The number of piperazine rings is 1. The molecule has 114 valence electrons. The molecule has 1 aromatic carbocycles. The topological polar surface area (TPSA) is 58.6 Å². The third kappa shape index (κ3) is 3.51. The van der Waals surface area contributed by atoms with Gasteiger partial charge in [-0.2, -0.15) is 0 Å². The molecule has 2 unspecified atom stereocenters. The van der Waals surface area contributed by atoms with Crippen molar-refractivity contribution in [2.24, 2.45) is 0 Å². The Bertz CT molecular complexity index is 535. The van der Waals surface area contributed by atoms with Gasteiger partial charge in [0.05, 0.1) is 0 Å². The maximum atomic E-state index is 13.1. The fraction of sp³-hybridized carbons (Fsp3) is 0.467. The van der Waals surface area contributed by atoms with Gasteiger partial charge in [0.15, 0.2) is 6.10 Å². The van der Waals surface area contributed by atoms with Gasteiger partial charge in [0.1, 0.15) is 17.6 Å². The van der Waals surface area contributed by atoms with E-state index in [1.165, 1.54) is 23.1 Å². The first-order chi connectivity index (χ1) is 10.0. The first-order valence-electron chi connectivity index (χ1n) is 7.03. The molecular formula is C15H19FN2O3. The zero-order valence-electron chi connectivity index (χ0n) is 12.1. The summed E-state index contributed by atoms with van der Waals surface area (Å²) in [7, 11) is 0. The molecule has 0 bridgehead atoms. The van der Waals surface area contributed by atoms with E-state index < -0.39 is 18.0 Å². The number of nitrogens with one attached hydrogen (secondary N) is 1. The SMILES string of the molecule is CCC1C(=O)NCCN1C(=O)C(C)Oc1cccc(F)c1. The zero-order chi connectivity index (χ0) is 15.4. The monoisotopic (exact) mass is 294 g/mol. The summed E-state index contributed by atoms with van der Waals surface area (Å²) in [6.07, 6.45) is -0.226. The third-order valence-electron chi connectivity index (χ3n) is 3.46. The van der Waals surface area contributed by atoms with Crippen LogP contribution in [0.2, 0.25) is 0 Å². The summed E-state index contributed by atoms with van der Waals surface area (Å²) in [5, 5.41) is 2.74. The first kappa shape index (κ1) is 15.3. The fourth-order valence-corrected chi connectivity index (χ4v) is 2.41. The van der Waals surface area contributed by atoms with Crippen LogP contribution in [0.1, 0.15) is 20.3 Å². The van der Waals surface area contributed by atoms with Crippen molar-refractivity contribution in [2.75, 3.05) is 13.1 Å². The number of halogens is 1. The highest BCUT2D eigenvalue weighted by atomic mass is 19.1. The molecule has 1 saturated heterocycles. The van der Waals surface area contributed by atoms with Crippen LogP contribution in [0.25, 0.3) is 0 Å². The molecule has 1 N–H and O–H groups in total. The normalized spacial score (nSPS) is 19.9. The molecule has 2 atom stereocenters. The lowest BCUT2D eigenvalue weighted by Gasteiger charge is -2.35. The summed E-state index contributed by atoms with van der Waals surface area (Å²) in [6, 6.07) is 5.17. The van der Waals surface area contributed by atoms with Crippen LogP contribution in [0.5, 0.6) is 5.75 Å². The van der Waals surface area contributed by atoms with E-state index in [1.807, 2.05) is 6.92 Å². The number of rotatable bonds is 4. The van der Waals surface area contributed by atoms with E-state index in [1.54, 1.807) is 13.0 Å². The minimum atomic E-state index is -0.772. The predicted octanol–water partition coefficient (Wildman–Crippen LogP) is 1.33. The van der Waals surface area contributed by atoms with Crippen LogP contribution in [-0.2, 0) is 9.59 Å². The molecular weight excluding hydrogens is 275 g/mol. The standard InChI is InChI=1S/C15H19FN2O3/c1-3-13-14(19)17-7-8-18(13)15(20)10(2)21-12-6-4-5-11(16)9-12/h4-6,9-10,13H,3,7-8H2,1-2H3,(H,17,19). The van der Waals surface area contributed by atoms with Crippen molar-refractivity contribution in [3.05, 3.63) is 30.1 Å². The van der Waals surface area contributed by atoms with Crippen LogP contribution in [0, 0.1) is 5.82 Å². The van der Waals surface area contributed by atoms with Gasteiger partial charge in [-0.25, -0.2) is 4.39 Å². The second-order valence-electron chi connectivity index (χ2n) is 4.96. The van der Waals surface area contributed by atoms with Crippen LogP contribution in [-0.4, -0.2) is 41.9 Å². The molecule has 6 heteroatoms. The Labute approximate surface area is 123 Å². The predicted molar refractivity (Wildman–Crippen MR) is 75.3 cm³/mol. The molecule has 1 fully saturated rings. The smallest absolute Gasteiger partial charge is 0.264 e. The first-order valence-corrected chi connectivity index (χ1v) is 7.03. The highest BCUT2D eigenvalue weighted by Crippen LogP contribution is 2.16. The number of hydrogen-bond donors (Lipinski definition) is 1. The van der Waals surface area contributed by atoms with Crippen molar-refractivity contribution in [2.45, 2.75) is 32.4 Å². The summed E-state index contributed by atoms with van der Waals surface area (Å²) in [5.74, 6) is -0.530. The van der Waals surface area contributed by atoms with Crippen molar-refractivity contribution in [3.8, 4) is 5.75 Å². The van der Waals surface area contributed by atoms with Gasteiger partial charge in [-0.15, -0.1) is 0 Å². The van der Waals surface area contributed by atoms with Gasteiger partial charge in [-0.3, -0.25) is 9.59 Å². The number of carbonyl (C=O) groups is 2. The van der Waals surface area contributed by atoms with Gasteiger partial charge in [0.25, 0.3) is 5.91 Å². The highest BCUT2D eigenvalue weighted by Gasteiger charge is 2.34. The Kier molecular flexibility index (Phi) is 4.77. The lowest BCUT2D eigenvalue weighted by atomic mass is 10.1. The van der Waals surface area contributed by atoms with E-state index in [9.17, 15) is 14.0 Å². The van der Waals surface area contributed by atoms with Gasteiger partial charge in [-0.05, 0) is 25.5 Å². The fourth-order valence-electron chi connectivity index (χ4n) is 2.41. The Hall–Kier alpha value is -2.11. The molecule has 21 heavy (non-hydrogen) atoms. The van der Waals surface area contributed by atoms with Crippen LogP contribution in [0.4, 0.5) is 4.39 Å². The van der Waals surface area contributed by atoms with E-state index >= 15 is 0 Å². The number of carbonyl (C=O) groups excluding carboxylic acids is 2. The van der Waals surface area contributed by atoms with Gasteiger partial charge < -0.3 is 15.0 Å². The third-order valence-corrected chi connectivity index (χ3v) is 3.46. The maximum absolute atomic E-state index is 13.1. The van der Waals surface area contributed by atoms with Gasteiger partial charge >= 0.3 is 0 Å². The lowest BCUT2D eigenvalue weighted by molar-refractivity contribution is -0.148. The molecule has 0 aromatic heterocycles. The quantitative estimate of drug-likeness (QED) is 0.911. The molecule has 0 saturated carbocycles.